The predicted molar refractivity (Wildman–Crippen MR) is 91.9 cm³/mol. The standard InChI is InChI=1S/C20H21NO3/c22-18-10-4-6-15(12-18)13-20(24)21-11-5-9-17(21)14-19(23)16-7-2-1-3-8-16/h1-4,6-8,10,12,17,22H,5,9,11,13-14H2/t17-/m1/s1. The van der Waals surface area contributed by atoms with Crippen molar-refractivity contribution in [2.75, 3.05) is 6.54 Å². The number of amides is 1. The largest absolute Gasteiger partial charge is 0.508 e. The summed E-state index contributed by atoms with van der Waals surface area (Å²) in [4.78, 5) is 26.8. The Labute approximate surface area is 141 Å². The van der Waals surface area contributed by atoms with E-state index in [4.69, 9.17) is 0 Å². The molecule has 2 aromatic carbocycles. The number of carbonyl (C=O) groups is 2. The summed E-state index contributed by atoms with van der Waals surface area (Å²) in [5.41, 5.74) is 1.49. The topological polar surface area (TPSA) is 57.6 Å². The number of likely N-dealkylation sites (tertiary alicyclic amines) is 1. The van der Waals surface area contributed by atoms with E-state index in [2.05, 4.69) is 0 Å². The van der Waals surface area contributed by atoms with E-state index in [1.165, 1.54) is 0 Å². The lowest BCUT2D eigenvalue weighted by Gasteiger charge is -2.24. The highest BCUT2D eigenvalue weighted by Crippen LogP contribution is 2.23. The van der Waals surface area contributed by atoms with E-state index in [1.807, 2.05) is 41.3 Å². The number of benzene rings is 2. The van der Waals surface area contributed by atoms with Crippen LogP contribution in [0.15, 0.2) is 54.6 Å². The van der Waals surface area contributed by atoms with Crippen LogP contribution in [0.25, 0.3) is 0 Å². The molecular formula is C20H21NO3. The highest BCUT2D eigenvalue weighted by Gasteiger charge is 2.30. The number of hydrogen-bond acceptors (Lipinski definition) is 3. The van der Waals surface area contributed by atoms with Gasteiger partial charge in [-0.25, -0.2) is 0 Å². The molecule has 0 radical (unpaired) electrons. The zero-order chi connectivity index (χ0) is 16.9. The van der Waals surface area contributed by atoms with Crippen LogP contribution in [0.3, 0.4) is 0 Å². The third kappa shape index (κ3) is 3.82. The Morgan fingerprint density at radius 1 is 1.08 bits per heavy atom. The Kier molecular flexibility index (Phi) is 4.94. The molecule has 1 aliphatic heterocycles. The van der Waals surface area contributed by atoms with Crippen LogP contribution in [0.1, 0.15) is 35.2 Å². The lowest BCUT2D eigenvalue weighted by molar-refractivity contribution is -0.131. The summed E-state index contributed by atoms with van der Waals surface area (Å²) in [5, 5.41) is 9.52. The molecule has 24 heavy (non-hydrogen) atoms. The van der Waals surface area contributed by atoms with E-state index in [9.17, 15) is 14.7 Å². The minimum absolute atomic E-state index is 0.0176. The average molecular weight is 323 g/mol. The SMILES string of the molecule is O=C(C[C@H]1CCCN1C(=O)Cc1cccc(O)c1)c1ccccc1. The van der Waals surface area contributed by atoms with Crippen molar-refractivity contribution < 1.29 is 14.7 Å². The highest BCUT2D eigenvalue weighted by molar-refractivity contribution is 5.96. The van der Waals surface area contributed by atoms with E-state index in [0.717, 1.165) is 18.4 Å². The van der Waals surface area contributed by atoms with Crippen LogP contribution >= 0.6 is 0 Å². The van der Waals surface area contributed by atoms with Gasteiger partial charge in [-0.2, -0.15) is 0 Å². The predicted octanol–water partition coefficient (Wildman–Crippen LogP) is 3.20. The average Bonchev–Trinajstić information content (AvgIpc) is 3.04. The summed E-state index contributed by atoms with van der Waals surface area (Å²) in [5.74, 6) is 0.263. The number of phenols is 1. The van der Waals surface area contributed by atoms with Crippen LogP contribution in [-0.2, 0) is 11.2 Å². The molecule has 0 spiro atoms. The fourth-order valence-electron chi connectivity index (χ4n) is 3.27. The summed E-state index contributed by atoms with van der Waals surface area (Å²) >= 11 is 0. The Hall–Kier alpha value is -2.62. The van der Waals surface area contributed by atoms with Gasteiger partial charge in [0.2, 0.25) is 5.91 Å². The zero-order valence-corrected chi connectivity index (χ0v) is 13.5. The van der Waals surface area contributed by atoms with Gasteiger partial charge < -0.3 is 10.0 Å². The van der Waals surface area contributed by atoms with Crippen molar-refractivity contribution >= 4 is 11.7 Å². The number of rotatable bonds is 5. The Morgan fingerprint density at radius 3 is 2.62 bits per heavy atom. The van der Waals surface area contributed by atoms with Crippen molar-refractivity contribution in [2.24, 2.45) is 0 Å². The molecule has 4 nitrogen and oxygen atoms in total. The molecule has 2 aromatic rings. The van der Waals surface area contributed by atoms with Crippen molar-refractivity contribution in [3.63, 3.8) is 0 Å². The molecule has 1 aliphatic rings. The van der Waals surface area contributed by atoms with Crippen LogP contribution < -0.4 is 0 Å². The van der Waals surface area contributed by atoms with E-state index in [-0.39, 0.29) is 29.9 Å². The Morgan fingerprint density at radius 2 is 1.88 bits per heavy atom. The molecule has 1 atom stereocenters. The second kappa shape index (κ2) is 7.30. The fourth-order valence-corrected chi connectivity index (χ4v) is 3.27. The quantitative estimate of drug-likeness (QED) is 0.860. The van der Waals surface area contributed by atoms with Gasteiger partial charge in [-0.1, -0.05) is 42.5 Å². The number of nitrogens with zero attached hydrogens (tertiary/aromatic N) is 1. The number of Topliss-reactive ketones (excluding diaryl/α,β-unsaturated/α-hetero) is 1. The van der Waals surface area contributed by atoms with Crippen LogP contribution in [0.4, 0.5) is 0 Å². The first-order valence-corrected chi connectivity index (χ1v) is 8.29. The minimum Gasteiger partial charge on any atom is -0.508 e. The second-order valence-corrected chi connectivity index (χ2v) is 6.22. The third-order valence-corrected chi connectivity index (χ3v) is 4.48. The molecule has 1 N–H and O–H groups in total. The number of aromatic hydroxyl groups is 1. The van der Waals surface area contributed by atoms with Gasteiger partial charge in [0.1, 0.15) is 5.75 Å². The van der Waals surface area contributed by atoms with Gasteiger partial charge in [0.25, 0.3) is 0 Å². The highest BCUT2D eigenvalue weighted by atomic mass is 16.3. The molecular weight excluding hydrogens is 302 g/mol. The Balaban J connectivity index is 1.64. The lowest BCUT2D eigenvalue weighted by atomic mass is 10.0. The normalized spacial score (nSPS) is 17.0. The van der Waals surface area contributed by atoms with Crippen LogP contribution in [0.5, 0.6) is 5.75 Å². The maximum absolute atomic E-state index is 12.6. The third-order valence-electron chi connectivity index (χ3n) is 4.48. The van der Waals surface area contributed by atoms with Crippen LogP contribution in [-0.4, -0.2) is 34.3 Å². The van der Waals surface area contributed by atoms with E-state index >= 15 is 0 Å². The molecule has 3 rings (SSSR count). The summed E-state index contributed by atoms with van der Waals surface area (Å²) in [6.45, 7) is 0.699. The first kappa shape index (κ1) is 16.2. The second-order valence-electron chi connectivity index (χ2n) is 6.22. The lowest BCUT2D eigenvalue weighted by Crippen LogP contribution is -2.37. The molecule has 1 heterocycles. The molecule has 0 unspecified atom stereocenters. The van der Waals surface area contributed by atoms with E-state index in [0.29, 0.717) is 18.5 Å². The molecule has 0 saturated carbocycles. The minimum atomic E-state index is -0.0254. The maximum atomic E-state index is 12.6. The molecule has 4 heteroatoms. The number of hydrogen-bond donors (Lipinski definition) is 1. The number of phenolic OH excluding ortho intramolecular Hbond substituents is 1. The van der Waals surface area contributed by atoms with Crippen LogP contribution in [0.2, 0.25) is 0 Å². The molecule has 1 fully saturated rings. The number of carbonyl (C=O) groups excluding carboxylic acids is 2. The molecule has 1 amide bonds. The fraction of sp³-hybridized carbons (Fsp3) is 0.300. The molecule has 124 valence electrons. The molecule has 0 bridgehead atoms. The summed E-state index contributed by atoms with van der Waals surface area (Å²) in [7, 11) is 0. The molecule has 0 aromatic heterocycles. The van der Waals surface area contributed by atoms with Crippen molar-refractivity contribution in [1.82, 2.24) is 4.90 Å². The number of ketones is 1. The Bertz CT molecular complexity index is 727. The van der Waals surface area contributed by atoms with E-state index < -0.39 is 0 Å². The molecule has 1 saturated heterocycles. The van der Waals surface area contributed by atoms with Gasteiger partial charge in [0.05, 0.1) is 6.42 Å². The van der Waals surface area contributed by atoms with E-state index in [1.54, 1.807) is 18.2 Å². The van der Waals surface area contributed by atoms with Gasteiger partial charge in [-0.05, 0) is 30.5 Å². The maximum Gasteiger partial charge on any atom is 0.227 e. The zero-order valence-electron chi connectivity index (χ0n) is 13.5. The summed E-state index contributed by atoms with van der Waals surface area (Å²) < 4.78 is 0. The van der Waals surface area contributed by atoms with Gasteiger partial charge in [-0.15, -0.1) is 0 Å². The van der Waals surface area contributed by atoms with Gasteiger partial charge in [-0.3, -0.25) is 9.59 Å². The first-order valence-electron chi connectivity index (χ1n) is 8.29. The summed E-state index contributed by atoms with van der Waals surface area (Å²) in [6, 6.07) is 16.0. The van der Waals surface area contributed by atoms with Crippen molar-refractivity contribution in [1.29, 1.82) is 0 Å². The van der Waals surface area contributed by atoms with Crippen LogP contribution in [0, 0.1) is 0 Å². The van der Waals surface area contributed by atoms with Gasteiger partial charge in [0, 0.05) is 24.6 Å². The van der Waals surface area contributed by atoms with Crippen molar-refractivity contribution in [2.45, 2.75) is 31.7 Å². The summed E-state index contributed by atoms with van der Waals surface area (Å²) in [6.07, 6.45) is 2.42. The van der Waals surface area contributed by atoms with Crippen molar-refractivity contribution in [3.8, 4) is 5.75 Å². The smallest absolute Gasteiger partial charge is 0.227 e. The van der Waals surface area contributed by atoms with Gasteiger partial charge >= 0.3 is 0 Å². The molecule has 0 aliphatic carbocycles. The monoisotopic (exact) mass is 323 g/mol. The first-order chi connectivity index (χ1) is 11.6. The van der Waals surface area contributed by atoms with Crippen molar-refractivity contribution in [3.05, 3.63) is 65.7 Å². The van der Waals surface area contributed by atoms with Gasteiger partial charge in [0.15, 0.2) is 5.78 Å².